The second kappa shape index (κ2) is 10.8. The molecule has 2 heterocycles. The SMILES string of the molecule is CCOC(=O)c1nn(-c2ccccc2)cc1OCC(=O)c1cc(C)n(CCCOC)c1C. The summed E-state index contributed by atoms with van der Waals surface area (Å²) in [6.45, 7) is 7.05. The molecular formula is C24H29N3O5. The summed E-state index contributed by atoms with van der Waals surface area (Å²) < 4.78 is 19.6. The highest BCUT2D eigenvalue weighted by Gasteiger charge is 2.22. The third-order valence-corrected chi connectivity index (χ3v) is 5.13. The number of carbonyl (C=O) groups is 2. The summed E-state index contributed by atoms with van der Waals surface area (Å²) in [5.74, 6) is -0.561. The zero-order valence-electron chi connectivity index (χ0n) is 19.0. The molecule has 0 fully saturated rings. The van der Waals surface area contributed by atoms with Crippen LogP contribution in [0.5, 0.6) is 5.75 Å². The molecule has 0 aliphatic rings. The van der Waals surface area contributed by atoms with E-state index in [0.29, 0.717) is 12.2 Å². The molecule has 0 N–H and O–H groups in total. The van der Waals surface area contributed by atoms with Crippen LogP contribution in [0.4, 0.5) is 0 Å². The van der Waals surface area contributed by atoms with Gasteiger partial charge in [-0.25, -0.2) is 9.48 Å². The van der Waals surface area contributed by atoms with Crippen LogP contribution in [-0.2, 0) is 16.0 Å². The largest absolute Gasteiger partial charge is 0.481 e. The Morgan fingerprint density at radius 3 is 2.56 bits per heavy atom. The van der Waals surface area contributed by atoms with Crippen molar-refractivity contribution in [2.75, 3.05) is 26.9 Å². The summed E-state index contributed by atoms with van der Waals surface area (Å²) >= 11 is 0. The first-order valence-corrected chi connectivity index (χ1v) is 10.6. The van der Waals surface area contributed by atoms with E-state index < -0.39 is 5.97 Å². The average Bonchev–Trinajstić information content (AvgIpc) is 3.35. The van der Waals surface area contributed by atoms with Crippen molar-refractivity contribution in [3.63, 3.8) is 0 Å². The molecule has 0 amide bonds. The van der Waals surface area contributed by atoms with Gasteiger partial charge in [-0.3, -0.25) is 4.79 Å². The predicted octanol–water partition coefficient (Wildman–Crippen LogP) is 3.77. The van der Waals surface area contributed by atoms with Crippen LogP contribution in [0, 0.1) is 13.8 Å². The molecule has 170 valence electrons. The van der Waals surface area contributed by atoms with Gasteiger partial charge in [-0.2, -0.15) is 5.10 Å². The number of hydrogen-bond donors (Lipinski definition) is 0. The molecule has 2 aromatic heterocycles. The molecule has 3 aromatic rings. The molecule has 0 bridgehead atoms. The van der Waals surface area contributed by atoms with Crippen molar-refractivity contribution in [1.29, 1.82) is 0 Å². The Bertz CT molecular complexity index is 1070. The molecule has 0 radical (unpaired) electrons. The molecule has 0 unspecified atom stereocenters. The minimum Gasteiger partial charge on any atom is -0.481 e. The Labute approximate surface area is 187 Å². The highest BCUT2D eigenvalue weighted by molar-refractivity contribution is 5.99. The van der Waals surface area contributed by atoms with Crippen molar-refractivity contribution in [3.05, 3.63) is 65.2 Å². The Balaban J connectivity index is 1.78. The number of Topliss-reactive ketones (excluding diaryl/α,β-unsaturated/α-hetero) is 1. The lowest BCUT2D eigenvalue weighted by atomic mass is 10.1. The molecule has 1 aromatic carbocycles. The van der Waals surface area contributed by atoms with Crippen LogP contribution in [-0.4, -0.2) is 53.0 Å². The van der Waals surface area contributed by atoms with E-state index in [2.05, 4.69) is 9.67 Å². The van der Waals surface area contributed by atoms with Gasteiger partial charge >= 0.3 is 5.97 Å². The van der Waals surface area contributed by atoms with E-state index in [0.717, 1.165) is 30.0 Å². The monoisotopic (exact) mass is 439 g/mol. The number of aryl methyl sites for hydroxylation is 1. The van der Waals surface area contributed by atoms with Crippen molar-refractivity contribution in [2.45, 2.75) is 33.7 Å². The molecule has 0 saturated heterocycles. The summed E-state index contributed by atoms with van der Waals surface area (Å²) in [5, 5.41) is 4.32. The minimum absolute atomic E-state index is 0.0357. The number of hydrogen-bond acceptors (Lipinski definition) is 6. The van der Waals surface area contributed by atoms with Crippen molar-refractivity contribution in [1.82, 2.24) is 14.3 Å². The van der Waals surface area contributed by atoms with Gasteiger partial charge in [0.05, 0.1) is 18.5 Å². The molecule has 0 aliphatic heterocycles. The quantitative estimate of drug-likeness (QED) is 0.257. The fourth-order valence-electron chi connectivity index (χ4n) is 3.53. The fraction of sp³-hybridized carbons (Fsp3) is 0.375. The van der Waals surface area contributed by atoms with Gasteiger partial charge in [-0.15, -0.1) is 0 Å². The van der Waals surface area contributed by atoms with Gasteiger partial charge in [0.1, 0.15) is 0 Å². The number of methoxy groups -OCH3 is 1. The third-order valence-electron chi connectivity index (χ3n) is 5.13. The van der Waals surface area contributed by atoms with Gasteiger partial charge in [-0.05, 0) is 45.4 Å². The van der Waals surface area contributed by atoms with Gasteiger partial charge in [0.2, 0.25) is 11.5 Å². The lowest BCUT2D eigenvalue weighted by Crippen LogP contribution is -2.15. The van der Waals surface area contributed by atoms with E-state index in [1.807, 2.05) is 50.2 Å². The summed E-state index contributed by atoms with van der Waals surface area (Å²) in [5.41, 5.74) is 3.30. The van der Waals surface area contributed by atoms with Crippen molar-refractivity contribution in [3.8, 4) is 11.4 Å². The molecule has 0 aliphatic carbocycles. The van der Waals surface area contributed by atoms with E-state index >= 15 is 0 Å². The normalized spacial score (nSPS) is 10.9. The van der Waals surface area contributed by atoms with E-state index in [9.17, 15) is 9.59 Å². The zero-order chi connectivity index (χ0) is 23.1. The Morgan fingerprint density at radius 2 is 1.88 bits per heavy atom. The molecule has 0 spiro atoms. The molecule has 3 rings (SSSR count). The van der Waals surface area contributed by atoms with Gasteiger partial charge in [0, 0.05) is 37.2 Å². The molecular weight excluding hydrogens is 410 g/mol. The van der Waals surface area contributed by atoms with Crippen molar-refractivity contribution < 1.29 is 23.8 Å². The van der Waals surface area contributed by atoms with E-state index in [1.165, 1.54) is 4.68 Å². The molecule has 0 atom stereocenters. The Morgan fingerprint density at radius 1 is 1.12 bits per heavy atom. The van der Waals surface area contributed by atoms with Crippen molar-refractivity contribution >= 4 is 11.8 Å². The molecule has 32 heavy (non-hydrogen) atoms. The molecule has 8 heteroatoms. The maximum absolute atomic E-state index is 12.9. The fourth-order valence-corrected chi connectivity index (χ4v) is 3.53. The lowest BCUT2D eigenvalue weighted by molar-refractivity contribution is 0.0513. The van der Waals surface area contributed by atoms with Crippen LogP contribution in [0.3, 0.4) is 0 Å². The second-order valence-corrected chi connectivity index (χ2v) is 7.34. The van der Waals surface area contributed by atoms with Crippen LogP contribution < -0.4 is 4.74 Å². The number of esters is 1. The van der Waals surface area contributed by atoms with Crippen LogP contribution >= 0.6 is 0 Å². The number of para-hydroxylation sites is 1. The van der Waals surface area contributed by atoms with E-state index in [1.54, 1.807) is 20.2 Å². The smallest absolute Gasteiger partial charge is 0.362 e. The topological polar surface area (TPSA) is 84.6 Å². The van der Waals surface area contributed by atoms with E-state index in [-0.39, 0.29) is 30.4 Å². The van der Waals surface area contributed by atoms with Crippen LogP contribution in [0.1, 0.15) is 45.6 Å². The van der Waals surface area contributed by atoms with Crippen molar-refractivity contribution in [2.24, 2.45) is 0 Å². The number of ketones is 1. The summed E-state index contributed by atoms with van der Waals surface area (Å²) in [6.07, 6.45) is 2.45. The first-order valence-electron chi connectivity index (χ1n) is 10.6. The number of aromatic nitrogens is 3. The van der Waals surface area contributed by atoms with Gasteiger partial charge in [-0.1, -0.05) is 18.2 Å². The zero-order valence-corrected chi connectivity index (χ0v) is 19.0. The Hall–Kier alpha value is -3.39. The third kappa shape index (κ3) is 5.26. The second-order valence-electron chi connectivity index (χ2n) is 7.34. The number of carbonyl (C=O) groups excluding carboxylic acids is 2. The maximum atomic E-state index is 12.9. The molecule has 8 nitrogen and oxygen atoms in total. The van der Waals surface area contributed by atoms with Crippen LogP contribution in [0.15, 0.2) is 42.6 Å². The average molecular weight is 440 g/mol. The maximum Gasteiger partial charge on any atom is 0.362 e. The van der Waals surface area contributed by atoms with Crippen LogP contribution in [0.2, 0.25) is 0 Å². The summed E-state index contributed by atoms with van der Waals surface area (Å²) in [4.78, 5) is 25.3. The van der Waals surface area contributed by atoms with Crippen LogP contribution in [0.25, 0.3) is 5.69 Å². The standard InChI is InChI=1S/C24H29N3O5/c1-5-31-24(29)23-22(15-27(25-23)19-10-7-6-8-11-19)32-16-21(28)20-14-17(2)26(18(20)3)12-9-13-30-4/h6-8,10-11,14-15H,5,9,12-13,16H2,1-4H3. The summed E-state index contributed by atoms with van der Waals surface area (Å²) in [6, 6.07) is 11.2. The minimum atomic E-state index is -0.596. The highest BCUT2D eigenvalue weighted by atomic mass is 16.5. The highest BCUT2D eigenvalue weighted by Crippen LogP contribution is 2.22. The number of nitrogens with zero attached hydrogens (tertiary/aromatic N) is 3. The van der Waals surface area contributed by atoms with Gasteiger partial charge in [0.15, 0.2) is 12.4 Å². The van der Waals surface area contributed by atoms with Gasteiger partial charge in [0.25, 0.3) is 0 Å². The number of rotatable bonds is 11. The number of benzene rings is 1. The number of ether oxygens (including phenoxy) is 3. The van der Waals surface area contributed by atoms with E-state index in [4.69, 9.17) is 14.2 Å². The Kier molecular flexibility index (Phi) is 7.83. The first-order chi connectivity index (χ1) is 15.5. The first kappa shape index (κ1) is 23.3. The lowest BCUT2D eigenvalue weighted by Gasteiger charge is -2.09. The van der Waals surface area contributed by atoms with Gasteiger partial charge < -0.3 is 18.8 Å². The predicted molar refractivity (Wildman–Crippen MR) is 120 cm³/mol. The summed E-state index contributed by atoms with van der Waals surface area (Å²) in [7, 11) is 1.67. The molecule has 0 saturated carbocycles.